The van der Waals surface area contributed by atoms with Crippen molar-refractivity contribution >= 4 is 11.8 Å². The highest BCUT2D eigenvalue weighted by molar-refractivity contribution is 5.84. The summed E-state index contributed by atoms with van der Waals surface area (Å²) in [5.74, 6) is -0.486. The van der Waals surface area contributed by atoms with Crippen molar-refractivity contribution in [3.63, 3.8) is 0 Å². The molecule has 15 heavy (non-hydrogen) atoms. The first-order valence-corrected chi connectivity index (χ1v) is 5.54. The summed E-state index contributed by atoms with van der Waals surface area (Å²) in [6, 6.07) is 0. The average Bonchev–Trinajstić information content (AvgIpc) is 2.32. The fourth-order valence-electron chi connectivity index (χ4n) is 2.39. The van der Waals surface area contributed by atoms with Crippen LogP contribution in [0.2, 0.25) is 0 Å². The van der Waals surface area contributed by atoms with Gasteiger partial charge in [0.15, 0.2) is 0 Å². The van der Waals surface area contributed by atoms with Crippen LogP contribution in [0.4, 0.5) is 0 Å². The molecule has 0 bridgehead atoms. The number of Topliss-reactive ketones (excluding diaryl/α,β-unsaturated/α-hetero) is 1. The molecule has 0 heterocycles. The lowest BCUT2D eigenvalue weighted by Crippen LogP contribution is -2.23. The number of hydrogen-bond donors (Lipinski definition) is 1. The Labute approximate surface area is 90.9 Å². The van der Waals surface area contributed by atoms with Gasteiger partial charge in [0.25, 0.3) is 0 Å². The summed E-state index contributed by atoms with van der Waals surface area (Å²) in [6.45, 7) is 6.28. The first-order chi connectivity index (χ1) is 6.79. The smallest absolute Gasteiger partial charge is 0.303 e. The number of hydrogen-bond acceptors (Lipinski definition) is 2. The molecule has 1 saturated carbocycles. The van der Waals surface area contributed by atoms with Gasteiger partial charge in [-0.25, -0.2) is 0 Å². The van der Waals surface area contributed by atoms with Crippen LogP contribution in [0.25, 0.3) is 0 Å². The van der Waals surface area contributed by atoms with Crippen molar-refractivity contribution in [2.24, 2.45) is 17.3 Å². The molecular formula is C12H20O3. The van der Waals surface area contributed by atoms with Crippen molar-refractivity contribution in [2.45, 2.75) is 46.5 Å². The molecule has 0 aromatic heterocycles. The maximum Gasteiger partial charge on any atom is 0.303 e. The Hall–Kier alpha value is -0.860. The monoisotopic (exact) mass is 212 g/mol. The maximum absolute atomic E-state index is 11.7. The molecule has 1 aliphatic rings. The van der Waals surface area contributed by atoms with Gasteiger partial charge in [-0.15, -0.1) is 0 Å². The normalized spacial score (nSPS) is 27.0. The van der Waals surface area contributed by atoms with Crippen LogP contribution in [0.3, 0.4) is 0 Å². The number of rotatable bonds is 3. The molecular weight excluding hydrogens is 192 g/mol. The van der Waals surface area contributed by atoms with E-state index in [-0.39, 0.29) is 29.5 Å². The van der Waals surface area contributed by atoms with Crippen molar-refractivity contribution in [3.05, 3.63) is 0 Å². The van der Waals surface area contributed by atoms with Gasteiger partial charge in [0.2, 0.25) is 0 Å². The molecule has 3 heteroatoms. The van der Waals surface area contributed by atoms with Crippen LogP contribution < -0.4 is 0 Å². The molecule has 0 amide bonds. The standard InChI is InChI=1S/C12H20O3/c1-12(2,3)7-9-8(6-11(14)15)4-5-10(9)13/h8-9H,4-7H2,1-3H3,(H,14,15). The zero-order valence-corrected chi connectivity index (χ0v) is 9.75. The van der Waals surface area contributed by atoms with E-state index in [1.807, 2.05) is 0 Å². The first-order valence-electron chi connectivity index (χ1n) is 5.54. The first kappa shape index (κ1) is 12.2. The van der Waals surface area contributed by atoms with Gasteiger partial charge in [-0.05, 0) is 24.2 Å². The Balaban J connectivity index is 2.64. The molecule has 1 aliphatic carbocycles. The van der Waals surface area contributed by atoms with Crippen LogP contribution in [0.15, 0.2) is 0 Å². The molecule has 2 atom stereocenters. The average molecular weight is 212 g/mol. The third kappa shape index (κ3) is 3.65. The Bertz CT molecular complexity index is 263. The second-order valence-electron chi connectivity index (χ2n) is 5.73. The van der Waals surface area contributed by atoms with Gasteiger partial charge in [0.05, 0.1) is 0 Å². The third-order valence-corrected chi connectivity index (χ3v) is 3.01. The molecule has 1 N–H and O–H groups in total. The quantitative estimate of drug-likeness (QED) is 0.782. The van der Waals surface area contributed by atoms with Crippen molar-refractivity contribution in [2.75, 3.05) is 0 Å². The van der Waals surface area contributed by atoms with Crippen molar-refractivity contribution in [1.29, 1.82) is 0 Å². The van der Waals surface area contributed by atoms with Crippen molar-refractivity contribution in [1.82, 2.24) is 0 Å². The molecule has 1 fully saturated rings. The Kier molecular flexibility index (Phi) is 3.53. The van der Waals surface area contributed by atoms with Crippen molar-refractivity contribution in [3.8, 4) is 0 Å². The fraction of sp³-hybridized carbons (Fsp3) is 0.833. The highest BCUT2D eigenvalue weighted by Crippen LogP contribution is 2.38. The van der Waals surface area contributed by atoms with Crippen LogP contribution in [-0.4, -0.2) is 16.9 Å². The van der Waals surface area contributed by atoms with E-state index in [1.165, 1.54) is 0 Å². The second kappa shape index (κ2) is 4.33. The number of aliphatic carboxylic acids is 1. The lowest BCUT2D eigenvalue weighted by molar-refractivity contribution is -0.138. The van der Waals surface area contributed by atoms with E-state index in [2.05, 4.69) is 20.8 Å². The number of carboxylic acids is 1. The molecule has 2 unspecified atom stereocenters. The largest absolute Gasteiger partial charge is 0.481 e. The topological polar surface area (TPSA) is 54.4 Å². The van der Waals surface area contributed by atoms with Crippen LogP contribution in [-0.2, 0) is 9.59 Å². The van der Waals surface area contributed by atoms with E-state index in [0.29, 0.717) is 6.42 Å². The van der Waals surface area contributed by atoms with Gasteiger partial charge in [-0.1, -0.05) is 20.8 Å². The van der Waals surface area contributed by atoms with Crippen LogP contribution >= 0.6 is 0 Å². The molecule has 0 aromatic carbocycles. The Morgan fingerprint density at radius 3 is 2.53 bits per heavy atom. The van der Waals surface area contributed by atoms with E-state index < -0.39 is 5.97 Å². The minimum atomic E-state index is -0.784. The van der Waals surface area contributed by atoms with E-state index in [0.717, 1.165) is 12.8 Å². The molecule has 0 spiro atoms. The van der Waals surface area contributed by atoms with E-state index in [1.54, 1.807) is 0 Å². The highest BCUT2D eigenvalue weighted by Gasteiger charge is 2.37. The van der Waals surface area contributed by atoms with Gasteiger partial charge in [0, 0.05) is 18.8 Å². The number of ketones is 1. The third-order valence-electron chi connectivity index (χ3n) is 3.01. The number of carbonyl (C=O) groups excluding carboxylic acids is 1. The Morgan fingerprint density at radius 1 is 1.47 bits per heavy atom. The van der Waals surface area contributed by atoms with Gasteiger partial charge in [0.1, 0.15) is 5.78 Å². The van der Waals surface area contributed by atoms with Gasteiger partial charge in [-0.3, -0.25) is 9.59 Å². The molecule has 0 saturated heterocycles. The molecule has 0 aliphatic heterocycles. The van der Waals surface area contributed by atoms with Crippen LogP contribution in [0.1, 0.15) is 46.5 Å². The minimum Gasteiger partial charge on any atom is -0.481 e. The second-order valence-corrected chi connectivity index (χ2v) is 5.73. The summed E-state index contributed by atoms with van der Waals surface area (Å²) in [4.78, 5) is 22.3. The summed E-state index contributed by atoms with van der Waals surface area (Å²) in [5.41, 5.74) is 0.0986. The van der Waals surface area contributed by atoms with Crippen LogP contribution in [0.5, 0.6) is 0 Å². The SMILES string of the molecule is CC(C)(C)CC1C(=O)CCC1CC(=O)O. The predicted molar refractivity (Wildman–Crippen MR) is 57.5 cm³/mol. The zero-order chi connectivity index (χ0) is 11.6. The molecule has 1 rings (SSSR count). The minimum absolute atomic E-state index is 0.0268. The maximum atomic E-state index is 11.7. The highest BCUT2D eigenvalue weighted by atomic mass is 16.4. The lowest BCUT2D eigenvalue weighted by Gasteiger charge is -2.25. The predicted octanol–water partition coefficient (Wildman–Crippen LogP) is 2.49. The number of carbonyl (C=O) groups is 2. The van der Waals surface area contributed by atoms with Crippen molar-refractivity contribution < 1.29 is 14.7 Å². The summed E-state index contributed by atoms with van der Waals surface area (Å²) in [6.07, 6.45) is 2.28. The summed E-state index contributed by atoms with van der Waals surface area (Å²) in [7, 11) is 0. The zero-order valence-electron chi connectivity index (χ0n) is 9.75. The van der Waals surface area contributed by atoms with E-state index in [9.17, 15) is 9.59 Å². The summed E-state index contributed by atoms with van der Waals surface area (Å²) < 4.78 is 0. The summed E-state index contributed by atoms with van der Waals surface area (Å²) in [5, 5.41) is 8.76. The van der Waals surface area contributed by atoms with Gasteiger partial charge in [-0.2, -0.15) is 0 Å². The van der Waals surface area contributed by atoms with E-state index >= 15 is 0 Å². The Morgan fingerprint density at radius 2 is 2.07 bits per heavy atom. The molecule has 0 aromatic rings. The fourth-order valence-corrected chi connectivity index (χ4v) is 2.39. The molecule has 86 valence electrons. The van der Waals surface area contributed by atoms with Crippen LogP contribution in [0, 0.1) is 17.3 Å². The molecule has 0 radical (unpaired) electrons. The lowest BCUT2D eigenvalue weighted by atomic mass is 9.79. The van der Waals surface area contributed by atoms with E-state index in [4.69, 9.17) is 5.11 Å². The molecule has 3 nitrogen and oxygen atoms in total. The number of carboxylic acid groups (broad SMARTS) is 1. The van der Waals surface area contributed by atoms with Gasteiger partial charge >= 0.3 is 5.97 Å². The van der Waals surface area contributed by atoms with Gasteiger partial charge < -0.3 is 5.11 Å². The summed E-state index contributed by atoms with van der Waals surface area (Å²) >= 11 is 0.